The fourth-order valence-electron chi connectivity index (χ4n) is 1.12. The SMILES string of the molecule is CC(C)(C(=O)O)c1cccc(C=O)c1. The molecule has 0 aromatic heterocycles. The molecular weight excluding hydrogens is 180 g/mol. The summed E-state index contributed by atoms with van der Waals surface area (Å²) in [5.41, 5.74) is 0.172. The molecule has 1 aromatic rings. The Morgan fingerprint density at radius 3 is 2.57 bits per heavy atom. The molecule has 3 nitrogen and oxygen atoms in total. The van der Waals surface area contributed by atoms with Crippen LogP contribution in [0, 0.1) is 0 Å². The first-order valence-corrected chi connectivity index (χ1v) is 4.27. The summed E-state index contributed by atoms with van der Waals surface area (Å²) in [5.74, 6) is -0.902. The van der Waals surface area contributed by atoms with E-state index in [4.69, 9.17) is 5.11 Å². The molecule has 0 unspecified atom stereocenters. The minimum Gasteiger partial charge on any atom is -0.481 e. The Bertz CT molecular complexity index is 367. The minimum atomic E-state index is -0.959. The molecule has 0 heterocycles. The van der Waals surface area contributed by atoms with Crippen molar-refractivity contribution in [3.63, 3.8) is 0 Å². The van der Waals surface area contributed by atoms with Gasteiger partial charge in [0.2, 0.25) is 0 Å². The molecule has 0 bridgehead atoms. The van der Waals surface area contributed by atoms with Gasteiger partial charge in [-0.05, 0) is 25.5 Å². The van der Waals surface area contributed by atoms with Gasteiger partial charge in [-0.1, -0.05) is 18.2 Å². The lowest BCUT2D eigenvalue weighted by Gasteiger charge is -2.19. The van der Waals surface area contributed by atoms with Crippen LogP contribution >= 0.6 is 0 Å². The summed E-state index contributed by atoms with van der Waals surface area (Å²) in [6, 6.07) is 6.64. The Hall–Kier alpha value is -1.64. The fourth-order valence-corrected chi connectivity index (χ4v) is 1.12. The van der Waals surface area contributed by atoms with Gasteiger partial charge in [0.25, 0.3) is 0 Å². The summed E-state index contributed by atoms with van der Waals surface area (Å²) in [6.45, 7) is 3.22. The van der Waals surface area contributed by atoms with Crippen molar-refractivity contribution in [1.82, 2.24) is 0 Å². The number of carbonyl (C=O) groups excluding carboxylic acids is 1. The van der Waals surface area contributed by atoms with Crippen molar-refractivity contribution < 1.29 is 14.7 Å². The number of hydrogen-bond donors (Lipinski definition) is 1. The molecule has 3 heteroatoms. The van der Waals surface area contributed by atoms with E-state index in [9.17, 15) is 9.59 Å². The number of aldehydes is 1. The van der Waals surface area contributed by atoms with Crippen LogP contribution in [-0.4, -0.2) is 17.4 Å². The van der Waals surface area contributed by atoms with Gasteiger partial charge in [0.15, 0.2) is 0 Å². The van der Waals surface area contributed by atoms with E-state index in [2.05, 4.69) is 0 Å². The number of carboxylic acid groups (broad SMARTS) is 1. The Labute approximate surface area is 82.4 Å². The van der Waals surface area contributed by atoms with Gasteiger partial charge < -0.3 is 5.11 Å². The first-order valence-electron chi connectivity index (χ1n) is 4.27. The van der Waals surface area contributed by atoms with Crippen molar-refractivity contribution in [1.29, 1.82) is 0 Å². The van der Waals surface area contributed by atoms with E-state index in [0.29, 0.717) is 17.4 Å². The lowest BCUT2D eigenvalue weighted by molar-refractivity contribution is -0.142. The number of hydrogen-bond acceptors (Lipinski definition) is 2. The maximum atomic E-state index is 10.9. The molecule has 0 aliphatic carbocycles. The monoisotopic (exact) mass is 192 g/mol. The highest BCUT2D eigenvalue weighted by Gasteiger charge is 2.29. The maximum Gasteiger partial charge on any atom is 0.313 e. The van der Waals surface area contributed by atoms with Crippen molar-refractivity contribution in [3.05, 3.63) is 35.4 Å². The molecule has 1 aromatic carbocycles. The van der Waals surface area contributed by atoms with E-state index in [1.54, 1.807) is 38.1 Å². The Kier molecular flexibility index (Phi) is 2.70. The third-order valence-corrected chi connectivity index (χ3v) is 2.28. The molecule has 0 aliphatic heterocycles. The van der Waals surface area contributed by atoms with Crippen LogP contribution in [0.25, 0.3) is 0 Å². The van der Waals surface area contributed by atoms with Gasteiger partial charge in [0, 0.05) is 5.56 Å². The zero-order valence-electron chi connectivity index (χ0n) is 8.15. The van der Waals surface area contributed by atoms with E-state index in [1.807, 2.05) is 0 Å². The molecule has 0 saturated heterocycles. The van der Waals surface area contributed by atoms with E-state index in [1.165, 1.54) is 0 Å². The highest BCUT2D eigenvalue weighted by atomic mass is 16.4. The lowest BCUT2D eigenvalue weighted by atomic mass is 9.84. The van der Waals surface area contributed by atoms with Gasteiger partial charge in [0.1, 0.15) is 6.29 Å². The molecule has 14 heavy (non-hydrogen) atoms. The molecule has 1 rings (SSSR count). The summed E-state index contributed by atoms with van der Waals surface area (Å²) >= 11 is 0. The highest BCUT2D eigenvalue weighted by Crippen LogP contribution is 2.23. The van der Waals surface area contributed by atoms with Crippen LogP contribution in [0.15, 0.2) is 24.3 Å². The number of rotatable bonds is 3. The maximum absolute atomic E-state index is 10.9. The quantitative estimate of drug-likeness (QED) is 0.743. The van der Waals surface area contributed by atoms with E-state index < -0.39 is 11.4 Å². The fraction of sp³-hybridized carbons (Fsp3) is 0.273. The second-order valence-electron chi connectivity index (χ2n) is 3.67. The minimum absolute atomic E-state index is 0.497. The first-order chi connectivity index (χ1) is 6.48. The zero-order chi connectivity index (χ0) is 10.8. The first kappa shape index (κ1) is 10.4. The predicted octanol–water partition coefficient (Wildman–Crippen LogP) is 1.86. The summed E-state index contributed by atoms with van der Waals surface area (Å²) in [4.78, 5) is 21.4. The standard InChI is InChI=1S/C11H12O3/c1-11(2,10(13)14)9-5-3-4-8(6-9)7-12/h3-7H,1-2H3,(H,13,14). The van der Waals surface area contributed by atoms with Crippen LogP contribution in [0.2, 0.25) is 0 Å². The van der Waals surface area contributed by atoms with Gasteiger partial charge in [-0.25, -0.2) is 0 Å². The van der Waals surface area contributed by atoms with Gasteiger partial charge in [-0.2, -0.15) is 0 Å². The molecule has 0 saturated carbocycles. The average Bonchev–Trinajstić information content (AvgIpc) is 2.17. The lowest BCUT2D eigenvalue weighted by Crippen LogP contribution is -2.28. The largest absolute Gasteiger partial charge is 0.481 e. The summed E-state index contributed by atoms with van der Waals surface area (Å²) in [7, 11) is 0. The van der Waals surface area contributed by atoms with E-state index in [-0.39, 0.29) is 0 Å². The van der Waals surface area contributed by atoms with Crippen molar-refractivity contribution in [2.24, 2.45) is 0 Å². The smallest absolute Gasteiger partial charge is 0.313 e. The van der Waals surface area contributed by atoms with E-state index >= 15 is 0 Å². The third kappa shape index (κ3) is 1.82. The van der Waals surface area contributed by atoms with Crippen LogP contribution in [0.4, 0.5) is 0 Å². The average molecular weight is 192 g/mol. The normalized spacial score (nSPS) is 11.0. The molecule has 0 fully saturated rings. The molecule has 74 valence electrons. The number of carboxylic acids is 1. The molecule has 0 atom stereocenters. The third-order valence-electron chi connectivity index (χ3n) is 2.28. The van der Waals surface area contributed by atoms with Crippen LogP contribution in [0.5, 0.6) is 0 Å². The molecule has 0 aliphatic rings. The van der Waals surface area contributed by atoms with Gasteiger partial charge in [0.05, 0.1) is 5.41 Å². The second kappa shape index (κ2) is 3.62. The van der Waals surface area contributed by atoms with Gasteiger partial charge >= 0.3 is 5.97 Å². The Balaban J connectivity index is 3.18. The predicted molar refractivity (Wildman–Crippen MR) is 52.5 cm³/mol. The van der Waals surface area contributed by atoms with Crippen LogP contribution in [0.1, 0.15) is 29.8 Å². The van der Waals surface area contributed by atoms with Gasteiger partial charge in [-0.3, -0.25) is 9.59 Å². The van der Waals surface area contributed by atoms with Crippen molar-refractivity contribution in [2.75, 3.05) is 0 Å². The Morgan fingerprint density at radius 1 is 1.43 bits per heavy atom. The summed E-state index contributed by atoms with van der Waals surface area (Å²) in [5, 5.41) is 8.97. The van der Waals surface area contributed by atoms with Crippen molar-refractivity contribution in [2.45, 2.75) is 19.3 Å². The second-order valence-corrected chi connectivity index (χ2v) is 3.67. The number of aliphatic carboxylic acids is 1. The molecule has 0 amide bonds. The molecule has 0 radical (unpaired) electrons. The van der Waals surface area contributed by atoms with Crippen molar-refractivity contribution in [3.8, 4) is 0 Å². The highest BCUT2D eigenvalue weighted by molar-refractivity contribution is 5.82. The summed E-state index contributed by atoms with van der Waals surface area (Å²) < 4.78 is 0. The number of carbonyl (C=O) groups is 2. The van der Waals surface area contributed by atoms with Crippen LogP contribution in [0.3, 0.4) is 0 Å². The topological polar surface area (TPSA) is 54.4 Å². The molecule has 0 spiro atoms. The van der Waals surface area contributed by atoms with Crippen LogP contribution in [-0.2, 0) is 10.2 Å². The van der Waals surface area contributed by atoms with Gasteiger partial charge in [-0.15, -0.1) is 0 Å². The van der Waals surface area contributed by atoms with E-state index in [0.717, 1.165) is 0 Å². The molecular formula is C11H12O3. The van der Waals surface area contributed by atoms with Crippen LogP contribution < -0.4 is 0 Å². The van der Waals surface area contributed by atoms with Crippen molar-refractivity contribution >= 4 is 12.3 Å². The Morgan fingerprint density at radius 2 is 2.07 bits per heavy atom. The zero-order valence-corrected chi connectivity index (χ0v) is 8.15. The summed E-state index contributed by atoms with van der Waals surface area (Å²) in [6.07, 6.45) is 0.710. The number of benzene rings is 1. The molecule has 1 N–H and O–H groups in total.